The summed E-state index contributed by atoms with van der Waals surface area (Å²) in [5, 5.41) is 1.09. The second-order valence-corrected chi connectivity index (χ2v) is 9.67. The molecule has 1 fully saturated rings. The van der Waals surface area contributed by atoms with Crippen molar-refractivity contribution in [3.05, 3.63) is 46.0 Å². The van der Waals surface area contributed by atoms with Crippen molar-refractivity contribution in [3.63, 3.8) is 0 Å². The van der Waals surface area contributed by atoms with Crippen LogP contribution in [0.1, 0.15) is 56.9 Å². The number of anilines is 1. The lowest BCUT2D eigenvalue weighted by molar-refractivity contribution is -0.0581. The van der Waals surface area contributed by atoms with E-state index >= 15 is 0 Å². The van der Waals surface area contributed by atoms with Crippen LogP contribution in [0.15, 0.2) is 24.3 Å². The summed E-state index contributed by atoms with van der Waals surface area (Å²) in [4.78, 5) is 63.3. The molecule has 0 aliphatic carbocycles. The number of hydrogen-bond donors (Lipinski definition) is 0. The number of benzene rings is 1. The maximum absolute atomic E-state index is 12.7. The smallest absolute Gasteiger partial charge is 0.410 e. The van der Waals surface area contributed by atoms with Crippen LogP contribution in [0.25, 0.3) is 0 Å². The van der Waals surface area contributed by atoms with Crippen LogP contribution < -0.4 is 4.90 Å². The fraction of sp³-hybridized carbons (Fsp3) is 0.409. The van der Waals surface area contributed by atoms with Gasteiger partial charge in [0.1, 0.15) is 10.5 Å². The van der Waals surface area contributed by atoms with Crippen LogP contribution >= 0.6 is 11.3 Å². The summed E-state index contributed by atoms with van der Waals surface area (Å²) in [7, 11) is 0. The van der Waals surface area contributed by atoms with Gasteiger partial charge >= 0.3 is 12.1 Å². The molecule has 11 heteroatoms. The van der Waals surface area contributed by atoms with E-state index < -0.39 is 23.4 Å². The van der Waals surface area contributed by atoms with Gasteiger partial charge in [0.15, 0.2) is 5.13 Å². The van der Waals surface area contributed by atoms with E-state index in [9.17, 15) is 19.2 Å². The molecule has 3 heterocycles. The van der Waals surface area contributed by atoms with Gasteiger partial charge in [-0.3, -0.25) is 9.59 Å². The number of nitrogens with zero attached hydrogens (tertiary/aromatic N) is 4. The second kappa shape index (κ2) is 8.47. The highest BCUT2D eigenvalue weighted by Gasteiger charge is 2.39. The van der Waals surface area contributed by atoms with Gasteiger partial charge in [0.05, 0.1) is 16.8 Å². The Hall–Kier alpha value is -3.47. The number of carbonyl (C=O) groups is 4. The SMILES string of the molecule is Cc1nc(N2CCN(C(=O)OC(C)(C)C)CC2)sc1C(=O)ON1C(=O)c2ccccc2C1=O. The highest BCUT2D eigenvalue weighted by molar-refractivity contribution is 7.17. The molecule has 33 heavy (non-hydrogen) atoms. The number of imide groups is 1. The molecule has 10 nitrogen and oxygen atoms in total. The van der Waals surface area contributed by atoms with Crippen LogP contribution in [-0.2, 0) is 9.57 Å². The number of aromatic nitrogens is 1. The average molecular weight is 473 g/mol. The summed E-state index contributed by atoms with van der Waals surface area (Å²) in [5.74, 6) is -2.17. The standard InChI is InChI=1S/C22H24N4O6S/c1-13-16(19(29)32-26-17(27)14-7-5-6-8-15(14)18(26)28)33-20(23-13)24-9-11-25(12-10-24)21(30)31-22(2,3)4/h5-8H,9-12H2,1-4H3. The summed E-state index contributed by atoms with van der Waals surface area (Å²) in [5.41, 5.74) is 0.265. The number of hydrogen-bond acceptors (Lipinski definition) is 9. The predicted octanol–water partition coefficient (Wildman–Crippen LogP) is 2.88. The Balaban J connectivity index is 1.40. The zero-order chi connectivity index (χ0) is 23.9. The van der Waals surface area contributed by atoms with Crippen LogP contribution in [0.2, 0.25) is 0 Å². The maximum Gasteiger partial charge on any atom is 0.410 e. The van der Waals surface area contributed by atoms with Gasteiger partial charge < -0.3 is 19.4 Å². The summed E-state index contributed by atoms with van der Waals surface area (Å²) < 4.78 is 5.41. The predicted molar refractivity (Wildman–Crippen MR) is 119 cm³/mol. The summed E-state index contributed by atoms with van der Waals surface area (Å²) in [6.07, 6.45) is -0.359. The number of fused-ring (bicyclic) bond motifs is 1. The third kappa shape index (κ3) is 4.54. The van der Waals surface area contributed by atoms with Crippen LogP contribution in [-0.4, -0.2) is 70.6 Å². The van der Waals surface area contributed by atoms with Crippen molar-refractivity contribution in [2.75, 3.05) is 31.1 Å². The zero-order valence-electron chi connectivity index (χ0n) is 18.8. The molecule has 1 saturated heterocycles. The Morgan fingerprint density at radius 2 is 1.58 bits per heavy atom. The van der Waals surface area contributed by atoms with Crippen molar-refractivity contribution in [1.29, 1.82) is 0 Å². The molecule has 0 N–H and O–H groups in total. The van der Waals surface area contributed by atoms with Gasteiger partial charge in [-0.1, -0.05) is 28.5 Å². The molecule has 0 saturated carbocycles. The van der Waals surface area contributed by atoms with Crippen molar-refractivity contribution >= 4 is 40.3 Å². The average Bonchev–Trinajstić information content (AvgIpc) is 3.26. The number of thiazole rings is 1. The van der Waals surface area contributed by atoms with Gasteiger partial charge in [0.25, 0.3) is 11.8 Å². The van der Waals surface area contributed by atoms with Gasteiger partial charge in [0.2, 0.25) is 0 Å². The molecule has 2 aliphatic heterocycles. The lowest BCUT2D eigenvalue weighted by atomic mass is 10.1. The molecule has 1 aromatic carbocycles. The Labute approximate surface area is 194 Å². The van der Waals surface area contributed by atoms with Crippen molar-refractivity contribution < 1.29 is 28.8 Å². The minimum Gasteiger partial charge on any atom is -0.444 e. The number of hydroxylamine groups is 2. The third-order valence-corrected chi connectivity index (χ3v) is 6.30. The summed E-state index contributed by atoms with van der Waals surface area (Å²) >= 11 is 1.12. The maximum atomic E-state index is 12.7. The molecule has 2 aromatic rings. The van der Waals surface area contributed by atoms with E-state index in [4.69, 9.17) is 9.57 Å². The molecule has 1 aromatic heterocycles. The van der Waals surface area contributed by atoms with E-state index in [1.54, 1.807) is 24.0 Å². The molecular formula is C22H24N4O6S. The Morgan fingerprint density at radius 1 is 1.00 bits per heavy atom. The molecule has 0 atom stereocenters. The monoisotopic (exact) mass is 472 g/mol. The Bertz CT molecular complexity index is 1100. The Kier molecular flexibility index (Phi) is 5.83. The van der Waals surface area contributed by atoms with Gasteiger partial charge in [-0.05, 0) is 39.8 Å². The number of aryl methyl sites for hydroxylation is 1. The molecular weight excluding hydrogens is 448 g/mol. The summed E-state index contributed by atoms with van der Waals surface area (Å²) in [6.45, 7) is 9.10. The molecule has 2 aliphatic rings. The first-order valence-electron chi connectivity index (χ1n) is 10.5. The van der Waals surface area contributed by atoms with Crippen LogP contribution in [0.4, 0.5) is 9.93 Å². The highest BCUT2D eigenvalue weighted by Crippen LogP contribution is 2.29. The van der Waals surface area contributed by atoms with Crippen molar-refractivity contribution in [2.45, 2.75) is 33.3 Å². The molecule has 0 unspecified atom stereocenters. The van der Waals surface area contributed by atoms with Crippen molar-refractivity contribution in [2.24, 2.45) is 0 Å². The third-order valence-electron chi connectivity index (χ3n) is 5.10. The molecule has 0 radical (unpaired) electrons. The van der Waals surface area contributed by atoms with Gasteiger partial charge in [-0.15, -0.1) is 0 Å². The molecule has 3 amide bonds. The normalized spacial score (nSPS) is 16.2. The molecule has 0 bridgehead atoms. The zero-order valence-corrected chi connectivity index (χ0v) is 19.6. The van der Waals surface area contributed by atoms with E-state index in [-0.39, 0.29) is 22.1 Å². The topological polar surface area (TPSA) is 109 Å². The van der Waals surface area contributed by atoms with E-state index in [1.807, 2.05) is 25.7 Å². The van der Waals surface area contributed by atoms with E-state index in [0.717, 1.165) is 11.3 Å². The molecule has 0 spiro atoms. The second-order valence-electron chi connectivity index (χ2n) is 8.69. The first kappa shape index (κ1) is 22.7. The van der Waals surface area contributed by atoms with Crippen molar-refractivity contribution in [3.8, 4) is 0 Å². The van der Waals surface area contributed by atoms with E-state index in [0.29, 0.717) is 42.1 Å². The number of piperazine rings is 1. The van der Waals surface area contributed by atoms with Gasteiger partial charge in [-0.2, -0.15) is 0 Å². The fourth-order valence-electron chi connectivity index (χ4n) is 3.49. The summed E-state index contributed by atoms with van der Waals surface area (Å²) in [6, 6.07) is 6.29. The number of ether oxygens (including phenoxy) is 1. The minimum absolute atomic E-state index is 0.194. The lowest BCUT2D eigenvalue weighted by Crippen LogP contribution is -2.50. The van der Waals surface area contributed by atoms with Crippen LogP contribution in [0.3, 0.4) is 0 Å². The first-order valence-corrected chi connectivity index (χ1v) is 11.3. The van der Waals surface area contributed by atoms with E-state index in [2.05, 4.69) is 4.98 Å². The molecule has 4 rings (SSSR count). The lowest BCUT2D eigenvalue weighted by Gasteiger charge is -2.35. The number of amides is 3. The van der Waals surface area contributed by atoms with E-state index in [1.165, 1.54) is 12.1 Å². The highest BCUT2D eigenvalue weighted by atomic mass is 32.1. The van der Waals surface area contributed by atoms with Gasteiger partial charge in [-0.25, -0.2) is 14.6 Å². The minimum atomic E-state index is -0.821. The van der Waals surface area contributed by atoms with Crippen LogP contribution in [0.5, 0.6) is 0 Å². The quantitative estimate of drug-likeness (QED) is 0.628. The largest absolute Gasteiger partial charge is 0.444 e. The Morgan fingerprint density at radius 3 is 2.12 bits per heavy atom. The van der Waals surface area contributed by atoms with Crippen LogP contribution in [0, 0.1) is 6.92 Å². The number of rotatable bonds is 3. The van der Waals surface area contributed by atoms with Gasteiger partial charge in [0, 0.05) is 26.2 Å². The van der Waals surface area contributed by atoms with Crippen molar-refractivity contribution in [1.82, 2.24) is 14.9 Å². The first-order chi connectivity index (χ1) is 15.5. The fourth-order valence-corrected chi connectivity index (χ4v) is 4.48. The number of carbonyl (C=O) groups excluding carboxylic acids is 4. The molecule has 174 valence electrons.